The fraction of sp³-hybridized carbons (Fsp3) is 0.385. The first-order valence-electron chi connectivity index (χ1n) is 6.03. The molecule has 0 radical (unpaired) electrons. The highest BCUT2D eigenvalue weighted by Crippen LogP contribution is 2.14. The van der Waals surface area contributed by atoms with Crippen LogP contribution in [0.15, 0.2) is 18.2 Å². The van der Waals surface area contributed by atoms with Crippen molar-refractivity contribution in [1.82, 2.24) is 4.90 Å². The molecule has 7 heteroatoms. The van der Waals surface area contributed by atoms with Crippen LogP contribution in [0.1, 0.15) is 5.56 Å². The SMILES string of the molecule is O=C(O)C1COCCN1C(=O)Cc1ccc(F)cc1F. The minimum Gasteiger partial charge on any atom is -0.480 e. The number of hydrogen-bond donors (Lipinski definition) is 1. The molecule has 1 amide bonds. The van der Waals surface area contributed by atoms with Gasteiger partial charge in [-0.2, -0.15) is 0 Å². The first-order valence-corrected chi connectivity index (χ1v) is 6.03. The van der Waals surface area contributed by atoms with Crippen LogP contribution in [0.4, 0.5) is 8.78 Å². The van der Waals surface area contributed by atoms with Gasteiger partial charge in [-0.05, 0) is 11.6 Å². The van der Waals surface area contributed by atoms with Crippen molar-refractivity contribution in [1.29, 1.82) is 0 Å². The average Bonchev–Trinajstić information content (AvgIpc) is 2.41. The van der Waals surface area contributed by atoms with E-state index in [1.165, 1.54) is 6.07 Å². The highest BCUT2D eigenvalue weighted by atomic mass is 19.1. The van der Waals surface area contributed by atoms with E-state index >= 15 is 0 Å². The largest absolute Gasteiger partial charge is 0.480 e. The van der Waals surface area contributed by atoms with E-state index in [0.717, 1.165) is 11.0 Å². The maximum absolute atomic E-state index is 13.5. The third kappa shape index (κ3) is 3.11. The number of carboxylic acid groups (broad SMARTS) is 1. The Bertz CT molecular complexity index is 535. The summed E-state index contributed by atoms with van der Waals surface area (Å²) in [6.45, 7) is 0.285. The molecule has 0 saturated carbocycles. The van der Waals surface area contributed by atoms with Crippen LogP contribution in [-0.2, 0) is 20.7 Å². The Morgan fingerprint density at radius 3 is 2.80 bits per heavy atom. The summed E-state index contributed by atoms with van der Waals surface area (Å²) in [6, 6.07) is 1.86. The number of hydrogen-bond acceptors (Lipinski definition) is 3. The second kappa shape index (κ2) is 5.96. The molecule has 0 spiro atoms. The first-order chi connectivity index (χ1) is 9.49. The van der Waals surface area contributed by atoms with Gasteiger partial charge in [-0.25, -0.2) is 13.6 Å². The fourth-order valence-electron chi connectivity index (χ4n) is 2.04. The van der Waals surface area contributed by atoms with Crippen LogP contribution in [0, 0.1) is 11.6 Å². The number of rotatable bonds is 3. The summed E-state index contributed by atoms with van der Waals surface area (Å²) < 4.78 is 31.3. The van der Waals surface area contributed by atoms with Crippen molar-refractivity contribution in [3.05, 3.63) is 35.4 Å². The molecule has 0 aliphatic carbocycles. The van der Waals surface area contributed by atoms with Gasteiger partial charge in [0.05, 0.1) is 19.6 Å². The van der Waals surface area contributed by atoms with E-state index in [1.54, 1.807) is 0 Å². The van der Waals surface area contributed by atoms with Crippen LogP contribution >= 0.6 is 0 Å². The minimum atomic E-state index is -1.17. The minimum absolute atomic E-state index is 0.0343. The molecule has 20 heavy (non-hydrogen) atoms. The molecule has 1 aliphatic rings. The third-order valence-electron chi connectivity index (χ3n) is 3.09. The lowest BCUT2D eigenvalue weighted by molar-refractivity contribution is -0.158. The lowest BCUT2D eigenvalue weighted by Gasteiger charge is -2.32. The maximum Gasteiger partial charge on any atom is 0.328 e. The lowest BCUT2D eigenvalue weighted by atomic mass is 10.1. The van der Waals surface area contributed by atoms with Crippen LogP contribution in [-0.4, -0.2) is 47.7 Å². The zero-order valence-electron chi connectivity index (χ0n) is 10.5. The van der Waals surface area contributed by atoms with E-state index < -0.39 is 29.6 Å². The molecular formula is C13H13F2NO4. The number of aliphatic carboxylic acids is 1. The number of amides is 1. The molecule has 1 aromatic rings. The highest BCUT2D eigenvalue weighted by Gasteiger charge is 2.32. The normalized spacial score (nSPS) is 18.9. The quantitative estimate of drug-likeness (QED) is 0.893. The second-order valence-corrected chi connectivity index (χ2v) is 4.43. The maximum atomic E-state index is 13.5. The molecule has 1 N–H and O–H groups in total. The van der Waals surface area contributed by atoms with Gasteiger partial charge >= 0.3 is 5.97 Å². The molecule has 0 aromatic heterocycles. The Balaban J connectivity index is 2.12. The Morgan fingerprint density at radius 2 is 2.15 bits per heavy atom. The van der Waals surface area contributed by atoms with E-state index in [4.69, 9.17) is 9.84 Å². The summed E-state index contributed by atoms with van der Waals surface area (Å²) in [5.74, 6) is -3.24. The summed E-state index contributed by atoms with van der Waals surface area (Å²) in [5, 5.41) is 9.02. The zero-order valence-corrected chi connectivity index (χ0v) is 10.5. The average molecular weight is 285 g/mol. The smallest absolute Gasteiger partial charge is 0.328 e. The van der Waals surface area contributed by atoms with Gasteiger partial charge in [-0.3, -0.25) is 4.79 Å². The van der Waals surface area contributed by atoms with Gasteiger partial charge < -0.3 is 14.7 Å². The zero-order chi connectivity index (χ0) is 14.7. The van der Waals surface area contributed by atoms with Crippen LogP contribution in [0.3, 0.4) is 0 Å². The summed E-state index contributed by atoms with van der Waals surface area (Å²) in [5.41, 5.74) is 0.0343. The fourth-order valence-corrected chi connectivity index (χ4v) is 2.04. The lowest BCUT2D eigenvalue weighted by Crippen LogP contribution is -2.53. The predicted octanol–water partition coefficient (Wildman–Crippen LogP) is 0.819. The number of ether oxygens (including phenoxy) is 1. The molecule has 2 rings (SSSR count). The first kappa shape index (κ1) is 14.4. The Kier molecular flexibility index (Phi) is 4.29. The Morgan fingerprint density at radius 1 is 1.40 bits per heavy atom. The van der Waals surface area contributed by atoms with Crippen molar-refractivity contribution in [2.24, 2.45) is 0 Å². The standard InChI is InChI=1S/C13H13F2NO4/c14-9-2-1-8(10(15)6-9)5-12(17)16-3-4-20-7-11(16)13(18)19/h1-2,6,11H,3-5,7H2,(H,18,19). The van der Waals surface area contributed by atoms with Gasteiger partial charge in [0.1, 0.15) is 11.6 Å². The second-order valence-electron chi connectivity index (χ2n) is 4.43. The van der Waals surface area contributed by atoms with Gasteiger partial charge in [-0.15, -0.1) is 0 Å². The number of carbonyl (C=O) groups excluding carboxylic acids is 1. The van der Waals surface area contributed by atoms with E-state index in [9.17, 15) is 18.4 Å². The van der Waals surface area contributed by atoms with Crippen molar-refractivity contribution in [3.8, 4) is 0 Å². The monoisotopic (exact) mass is 285 g/mol. The third-order valence-corrected chi connectivity index (χ3v) is 3.09. The summed E-state index contributed by atoms with van der Waals surface area (Å²) in [7, 11) is 0. The Hall–Kier alpha value is -2.02. The molecule has 1 unspecified atom stereocenters. The van der Waals surface area contributed by atoms with Gasteiger partial charge in [0.15, 0.2) is 6.04 Å². The molecule has 1 fully saturated rings. The van der Waals surface area contributed by atoms with Crippen molar-refractivity contribution in [3.63, 3.8) is 0 Å². The molecule has 1 heterocycles. The van der Waals surface area contributed by atoms with Crippen LogP contribution in [0.25, 0.3) is 0 Å². The molecule has 1 saturated heterocycles. The number of benzene rings is 1. The van der Waals surface area contributed by atoms with Crippen LogP contribution < -0.4 is 0 Å². The predicted molar refractivity (Wildman–Crippen MR) is 64.0 cm³/mol. The number of carbonyl (C=O) groups is 2. The number of halogens is 2. The van der Waals surface area contributed by atoms with Gasteiger partial charge in [-0.1, -0.05) is 6.07 Å². The van der Waals surface area contributed by atoms with Crippen LogP contribution in [0.5, 0.6) is 0 Å². The van der Waals surface area contributed by atoms with E-state index in [1.807, 2.05) is 0 Å². The van der Waals surface area contributed by atoms with Crippen molar-refractivity contribution in [2.75, 3.05) is 19.8 Å². The molecule has 108 valence electrons. The Labute approximate surface area is 113 Å². The van der Waals surface area contributed by atoms with Gasteiger partial charge in [0.25, 0.3) is 0 Å². The number of carboxylic acids is 1. The number of nitrogens with zero attached hydrogens (tertiary/aromatic N) is 1. The van der Waals surface area contributed by atoms with Gasteiger partial charge in [0.2, 0.25) is 5.91 Å². The van der Waals surface area contributed by atoms with Crippen molar-refractivity contribution in [2.45, 2.75) is 12.5 Å². The highest BCUT2D eigenvalue weighted by molar-refractivity contribution is 5.85. The van der Waals surface area contributed by atoms with Crippen molar-refractivity contribution < 1.29 is 28.2 Å². The molecule has 1 aromatic carbocycles. The molecule has 1 aliphatic heterocycles. The molecular weight excluding hydrogens is 272 g/mol. The number of morpholine rings is 1. The summed E-state index contributed by atoms with van der Waals surface area (Å²) in [4.78, 5) is 24.2. The van der Waals surface area contributed by atoms with E-state index in [0.29, 0.717) is 6.07 Å². The van der Waals surface area contributed by atoms with E-state index in [-0.39, 0.29) is 31.7 Å². The molecule has 5 nitrogen and oxygen atoms in total. The topological polar surface area (TPSA) is 66.8 Å². The van der Waals surface area contributed by atoms with Crippen LogP contribution in [0.2, 0.25) is 0 Å². The molecule has 0 bridgehead atoms. The van der Waals surface area contributed by atoms with E-state index in [2.05, 4.69) is 0 Å². The summed E-state index contributed by atoms with van der Waals surface area (Å²) >= 11 is 0. The van der Waals surface area contributed by atoms with Gasteiger partial charge in [0, 0.05) is 12.6 Å². The van der Waals surface area contributed by atoms with Crippen molar-refractivity contribution >= 4 is 11.9 Å². The molecule has 1 atom stereocenters. The summed E-state index contributed by atoms with van der Waals surface area (Å²) in [6.07, 6.45) is -0.310.